The van der Waals surface area contributed by atoms with Crippen molar-refractivity contribution in [1.29, 1.82) is 5.41 Å². The van der Waals surface area contributed by atoms with E-state index >= 15 is 0 Å². The van der Waals surface area contributed by atoms with E-state index in [0.29, 0.717) is 36.3 Å². The molecule has 158 valence electrons. The van der Waals surface area contributed by atoms with Crippen LogP contribution in [-0.2, 0) is 9.63 Å². The summed E-state index contributed by atoms with van der Waals surface area (Å²) in [5.74, 6) is 2.50. The van der Waals surface area contributed by atoms with Gasteiger partial charge in [-0.1, -0.05) is 18.2 Å². The van der Waals surface area contributed by atoms with Gasteiger partial charge in [-0.2, -0.15) is 4.99 Å². The Morgan fingerprint density at radius 2 is 1.77 bits per heavy atom. The van der Waals surface area contributed by atoms with E-state index in [4.69, 9.17) is 24.5 Å². The van der Waals surface area contributed by atoms with E-state index in [1.54, 1.807) is 50.5 Å². The van der Waals surface area contributed by atoms with Gasteiger partial charge in [0.25, 0.3) is 5.91 Å². The molecule has 8 nitrogen and oxygen atoms in total. The number of hydrogen-bond donors (Lipinski definition) is 1. The SMILES string of the molecule is COc1cccc(OCCOc2ccc(/C=C3/C(=N)N4OC(C)=CC4=NC3=O)cc2)c1. The van der Waals surface area contributed by atoms with Crippen LogP contribution in [0.4, 0.5) is 0 Å². The molecule has 0 saturated carbocycles. The molecule has 0 spiro atoms. The molecule has 4 rings (SSSR count). The number of rotatable bonds is 7. The van der Waals surface area contributed by atoms with Crippen molar-refractivity contribution in [3.8, 4) is 17.2 Å². The van der Waals surface area contributed by atoms with Gasteiger partial charge in [0.1, 0.15) is 36.2 Å². The number of allylic oxidation sites excluding steroid dienone is 1. The van der Waals surface area contributed by atoms with Crippen LogP contribution in [0.1, 0.15) is 12.5 Å². The predicted octanol–water partition coefficient (Wildman–Crippen LogP) is 3.60. The molecule has 2 aromatic carbocycles. The van der Waals surface area contributed by atoms with Gasteiger partial charge in [0.2, 0.25) is 0 Å². The number of methoxy groups -OCH3 is 1. The van der Waals surface area contributed by atoms with E-state index in [-0.39, 0.29) is 11.4 Å². The number of carbonyl (C=O) groups excluding carboxylic acids is 1. The Kier molecular flexibility index (Phi) is 5.70. The summed E-state index contributed by atoms with van der Waals surface area (Å²) in [6.07, 6.45) is 3.23. The fourth-order valence-electron chi connectivity index (χ4n) is 3.04. The van der Waals surface area contributed by atoms with Crippen molar-refractivity contribution in [2.24, 2.45) is 4.99 Å². The first kappa shape index (κ1) is 20.2. The van der Waals surface area contributed by atoms with Gasteiger partial charge in [0.05, 0.1) is 12.7 Å². The number of nitrogens with one attached hydrogen (secondary N) is 1. The number of nitrogens with zero attached hydrogens (tertiary/aromatic N) is 2. The zero-order valence-corrected chi connectivity index (χ0v) is 17.1. The quantitative estimate of drug-likeness (QED) is 0.544. The maximum absolute atomic E-state index is 12.3. The highest BCUT2D eigenvalue weighted by Crippen LogP contribution is 2.24. The van der Waals surface area contributed by atoms with E-state index in [9.17, 15) is 4.79 Å². The van der Waals surface area contributed by atoms with Crippen LogP contribution in [-0.4, -0.2) is 43.0 Å². The molecule has 0 unspecified atom stereocenters. The summed E-state index contributed by atoms with van der Waals surface area (Å²) < 4.78 is 16.5. The minimum atomic E-state index is -0.471. The normalized spacial score (nSPS) is 16.5. The largest absolute Gasteiger partial charge is 0.497 e. The number of fused-ring (bicyclic) bond motifs is 1. The number of amides is 1. The summed E-state index contributed by atoms with van der Waals surface area (Å²) in [6.45, 7) is 2.49. The number of ether oxygens (including phenoxy) is 3. The predicted molar refractivity (Wildman–Crippen MR) is 115 cm³/mol. The Hall–Kier alpha value is -4.07. The van der Waals surface area contributed by atoms with Crippen LogP contribution in [0.2, 0.25) is 0 Å². The molecule has 2 aromatic rings. The van der Waals surface area contributed by atoms with Crippen molar-refractivity contribution in [2.45, 2.75) is 6.92 Å². The van der Waals surface area contributed by atoms with Gasteiger partial charge in [-0.3, -0.25) is 10.2 Å². The van der Waals surface area contributed by atoms with E-state index < -0.39 is 5.91 Å². The highest BCUT2D eigenvalue weighted by Gasteiger charge is 2.34. The number of carbonyl (C=O) groups is 1. The third kappa shape index (κ3) is 4.58. The lowest BCUT2D eigenvalue weighted by Gasteiger charge is -2.22. The second-order valence-electron chi connectivity index (χ2n) is 6.77. The Morgan fingerprint density at radius 1 is 1.06 bits per heavy atom. The monoisotopic (exact) mass is 419 g/mol. The Bertz CT molecular complexity index is 1100. The molecule has 0 saturated heterocycles. The van der Waals surface area contributed by atoms with Crippen LogP contribution in [0.15, 0.2) is 70.9 Å². The molecule has 0 bridgehead atoms. The highest BCUT2D eigenvalue weighted by molar-refractivity contribution is 6.32. The lowest BCUT2D eigenvalue weighted by molar-refractivity contribution is -0.114. The van der Waals surface area contributed by atoms with E-state index in [1.165, 1.54) is 5.06 Å². The molecule has 0 fully saturated rings. The summed E-state index contributed by atoms with van der Waals surface area (Å²) in [4.78, 5) is 21.7. The minimum Gasteiger partial charge on any atom is -0.497 e. The molecular weight excluding hydrogens is 398 g/mol. The van der Waals surface area contributed by atoms with Gasteiger partial charge in [-0.15, -0.1) is 5.06 Å². The fraction of sp³-hybridized carbons (Fsp3) is 0.174. The number of hydroxylamine groups is 2. The third-order valence-electron chi connectivity index (χ3n) is 4.53. The molecule has 8 heteroatoms. The standard InChI is InChI=1S/C23H21N3O5/c1-15-12-21-25-23(27)20(22(24)26(21)31-15)13-16-6-8-17(9-7-16)29-10-11-30-19-5-3-4-18(14-19)28-2/h3-9,12-14,24H,10-11H2,1-2H3/b20-13-,24-22?. The van der Waals surface area contributed by atoms with E-state index in [1.807, 2.05) is 24.3 Å². The van der Waals surface area contributed by atoms with Gasteiger partial charge in [0.15, 0.2) is 11.7 Å². The van der Waals surface area contributed by atoms with Crippen molar-refractivity contribution in [3.63, 3.8) is 0 Å². The maximum atomic E-state index is 12.3. The first-order valence-electron chi connectivity index (χ1n) is 9.63. The summed E-state index contributed by atoms with van der Waals surface area (Å²) >= 11 is 0. The summed E-state index contributed by atoms with van der Waals surface area (Å²) in [5, 5.41) is 9.48. The first-order valence-corrected chi connectivity index (χ1v) is 9.63. The van der Waals surface area contributed by atoms with Crippen LogP contribution in [0.5, 0.6) is 17.2 Å². The summed E-state index contributed by atoms with van der Waals surface area (Å²) in [5.41, 5.74) is 0.905. The molecule has 0 radical (unpaired) electrons. The lowest BCUT2D eigenvalue weighted by atomic mass is 10.1. The molecule has 2 aliphatic rings. The summed E-state index contributed by atoms with van der Waals surface area (Å²) in [6, 6.07) is 14.6. The van der Waals surface area contributed by atoms with Gasteiger partial charge < -0.3 is 19.0 Å². The summed E-state index contributed by atoms with van der Waals surface area (Å²) in [7, 11) is 1.61. The molecule has 31 heavy (non-hydrogen) atoms. The number of hydrogen-bond acceptors (Lipinski definition) is 6. The van der Waals surface area contributed by atoms with Gasteiger partial charge in [0, 0.05) is 12.1 Å². The second kappa shape index (κ2) is 8.74. The topological polar surface area (TPSA) is 93.4 Å². The average molecular weight is 419 g/mol. The molecular formula is C23H21N3O5. The Balaban J connectivity index is 1.33. The maximum Gasteiger partial charge on any atom is 0.282 e. The van der Waals surface area contributed by atoms with E-state index in [0.717, 1.165) is 11.3 Å². The Morgan fingerprint density at radius 3 is 2.52 bits per heavy atom. The third-order valence-corrected chi connectivity index (χ3v) is 4.53. The van der Waals surface area contributed by atoms with Crippen molar-refractivity contribution >= 4 is 23.7 Å². The second-order valence-corrected chi connectivity index (χ2v) is 6.77. The van der Waals surface area contributed by atoms with Crippen LogP contribution < -0.4 is 14.2 Å². The zero-order valence-electron chi connectivity index (χ0n) is 17.1. The highest BCUT2D eigenvalue weighted by atomic mass is 16.7. The molecule has 0 aromatic heterocycles. The van der Waals surface area contributed by atoms with Crippen molar-refractivity contribution in [1.82, 2.24) is 5.06 Å². The minimum absolute atomic E-state index is 0.0434. The van der Waals surface area contributed by atoms with Gasteiger partial charge in [-0.05, 0) is 42.8 Å². The molecule has 0 atom stereocenters. The zero-order chi connectivity index (χ0) is 21.8. The number of benzene rings is 2. The fourth-order valence-corrected chi connectivity index (χ4v) is 3.04. The van der Waals surface area contributed by atoms with Gasteiger partial charge >= 0.3 is 0 Å². The smallest absolute Gasteiger partial charge is 0.282 e. The lowest BCUT2D eigenvalue weighted by Crippen LogP contribution is -2.38. The molecule has 0 aliphatic carbocycles. The van der Waals surface area contributed by atoms with Crippen LogP contribution in [0.25, 0.3) is 6.08 Å². The Labute approximate surface area is 179 Å². The van der Waals surface area contributed by atoms with Crippen LogP contribution in [0.3, 0.4) is 0 Å². The van der Waals surface area contributed by atoms with Crippen molar-refractivity contribution < 1.29 is 23.8 Å². The molecule has 1 N–H and O–H groups in total. The van der Waals surface area contributed by atoms with Crippen molar-refractivity contribution in [2.75, 3.05) is 20.3 Å². The first-order chi connectivity index (χ1) is 15.0. The van der Waals surface area contributed by atoms with Crippen molar-refractivity contribution in [3.05, 3.63) is 71.5 Å². The number of aliphatic imine (C=N–C) groups is 1. The van der Waals surface area contributed by atoms with Crippen LogP contribution in [0, 0.1) is 5.41 Å². The molecule has 2 aliphatic heterocycles. The number of amidine groups is 2. The average Bonchev–Trinajstić information content (AvgIpc) is 3.15. The van der Waals surface area contributed by atoms with Gasteiger partial charge in [-0.25, -0.2) is 0 Å². The molecule has 2 heterocycles. The van der Waals surface area contributed by atoms with E-state index in [2.05, 4.69) is 4.99 Å². The van der Waals surface area contributed by atoms with Crippen LogP contribution >= 0.6 is 0 Å². The molecule has 1 amide bonds.